The summed E-state index contributed by atoms with van der Waals surface area (Å²) < 4.78 is 37.0. The molecule has 0 fully saturated rings. The van der Waals surface area contributed by atoms with Crippen molar-refractivity contribution in [1.82, 2.24) is 19.5 Å². The summed E-state index contributed by atoms with van der Waals surface area (Å²) >= 11 is 5.97. The Kier molecular flexibility index (Phi) is 4.95. The van der Waals surface area contributed by atoms with Crippen LogP contribution < -0.4 is 16.6 Å². The van der Waals surface area contributed by atoms with E-state index in [4.69, 9.17) is 17.3 Å². The minimum atomic E-state index is -5.01. The molecule has 0 spiro atoms. The first-order chi connectivity index (χ1) is 14.6. The number of aromatic amines is 1. The Morgan fingerprint density at radius 3 is 2.74 bits per heavy atom. The average Bonchev–Trinajstić information content (AvgIpc) is 3.11. The summed E-state index contributed by atoms with van der Waals surface area (Å²) in [5.41, 5.74) is 6.00. The first-order valence-corrected chi connectivity index (χ1v) is 10.3. The van der Waals surface area contributed by atoms with Gasteiger partial charge in [-0.3, -0.25) is 19.1 Å². The highest BCUT2D eigenvalue weighted by Gasteiger charge is 2.18. The van der Waals surface area contributed by atoms with Gasteiger partial charge in [0, 0.05) is 5.69 Å². The lowest BCUT2D eigenvalue weighted by Gasteiger charge is -2.10. The number of H-pyrrole nitrogens is 1. The molecule has 1 amide bonds. The average molecular weight is 463 g/mol. The number of anilines is 2. The molecule has 0 radical (unpaired) electrons. The number of imidazole rings is 1. The van der Waals surface area contributed by atoms with Gasteiger partial charge in [-0.15, -0.1) is 3.89 Å². The van der Waals surface area contributed by atoms with Crippen LogP contribution in [0, 0.1) is 0 Å². The molecule has 0 aliphatic heterocycles. The molecule has 4 N–H and O–H groups in total. The number of amides is 1. The van der Waals surface area contributed by atoms with Crippen molar-refractivity contribution < 1.29 is 17.1 Å². The van der Waals surface area contributed by atoms with Gasteiger partial charge in [-0.2, -0.15) is 13.4 Å². The van der Waals surface area contributed by atoms with Crippen LogP contribution in [0.2, 0.25) is 5.02 Å². The fourth-order valence-electron chi connectivity index (χ4n) is 2.88. The summed E-state index contributed by atoms with van der Waals surface area (Å²) in [6.45, 7) is 0. The van der Waals surface area contributed by atoms with E-state index < -0.39 is 26.6 Å². The molecule has 0 aliphatic rings. The number of hydrogen-bond donors (Lipinski definition) is 3. The molecule has 13 heteroatoms. The number of nitrogens with zero attached hydrogens (tertiary/aromatic N) is 3. The van der Waals surface area contributed by atoms with Gasteiger partial charge in [0.2, 0.25) is 5.95 Å². The number of nitrogens with one attached hydrogen (secondary N) is 2. The van der Waals surface area contributed by atoms with Crippen LogP contribution in [0.3, 0.4) is 0 Å². The van der Waals surface area contributed by atoms with Crippen molar-refractivity contribution in [3.8, 4) is 5.69 Å². The predicted octanol–water partition coefficient (Wildman–Crippen LogP) is 2.25. The zero-order valence-electron chi connectivity index (χ0n) is 15.3. The van der Waals surface area contributed by atoms with E-state index in [1.54, 1.807) is 24.3 Å². The molecule has 4 rings (SSSR count). The van der Waals surface area contributed by atoms with E-state index in [9.17, 15) is 21.9 Å². The number of nitrogen functional groups attached to an aromatic ring is 1. The molecule has 2 heterocycles. The van der Waals surface area contributed by atoms with Crippen LogP contribution in [0.4, 0.5) is 15.5 Å². The Morgan fingerprint density at radius 1 is 1.23 bits per heavy atom. The van der Waals surface area contributed by atoms with Gasteiger partial charge < -0.3 is 11.1 Å². The van der Waals surface area contributed by atoms with Crippen LogP contribution in [0.1, 0.15) is 10.4 Å². The Morgan fingerprint density at radius 2 is 2.00 bits per heavy atom. The van der Waals surface area contributed by atoms with E-state index in [1.165, 1.54) is 10.9 Å². The highest BCUT2D eigenvalue weighted by atomic mass is 35.5. The molecule has 2 aromatic carbocycles. The molecule has 31 heavy (non-hydrogen) atoms. The van der Waals surface area contributed by atoms with Gasteiger partial charge in [0.1, 0.15) is 6.33 Å². The van der Waals surface area contributed by atoms with Crippen molar-refractivity contribution in [2.24, 2.45) is 0 Å². The Bertz CT molecular complexity index is 1520. The molecule has 2 aromatic heterocycles. The number of aromatic nitrogens is 4. The predicted molar refractivity (Wildman–Crippen MR) is 112 cm³/mol. The third kappa shape index (κ3) is 3.98. The molecule has 0 saturated carbocycles. The van der Waals surface area contributed by atoms with E-state index in [0.29, 0.717) is 11.4 Å². The molecule has 4 aromatic rings. The third-order valence-corrected chi connectivity index (χ3v) is 5.42. The number of carbonyl (C=O) groups excluding carboxylic acids is 1. The smallest absolute Gasteiger partial charge is 0.332 e. The zero-order valence-corrected chi connectivity index (χ0v) is 16.9. The number of fused-ring (bicyclic) bond motifs is 1. The van der Waals surface area contributed by atoms with Crippen LogP contribution in [0.15, 0.2) is 58.5 Å². The van der Waals surface area contributed by atoms with E-state index in [-0.39, 0.29) is 27.7 Å². The maximum atomic E-state index is 13.3. The summed E-state index contributed by atoms with van der Waals surface area (Å²) in [7, 11) is -5.01. The number of nitrogens with two attached hydrogens (primary N) is 1. The maximum absolute atomic E-state index is 13.3. The SMILES string of the molecule is Nc1nc2c(ncn2-c2cccc(NC(=O)c3cc(S(=O)(=O)F)ccc3Cl)c2)c(=O)[nH]1. The number of halogens is 2. The highest BCUT2D eigenvalue weighted by molar-refractivity contribution is 7.86. The second-order valence-corrected chi connectivity index (χ2v) is 8.08. The molecule has 10 nitrogen and oxygen atoms in total. The molecule has 158 valence electrons. The Labute approximate surface area is 178 Å². The van der Waals surface area contributed by atoms with Crippen molar-refractivity contribution in [2.75, 3.05) is 11.1 Å². The lowest BCUT2D eigenvalue weighted by Crippen LogP contribution is -2.14. The molecular formula is C18H12ClFN6O4S. The third-order valence-electron chi connectivity index (χ3n) is 4.27. The molecular weight excluding hydrogens is 451 g/mol. The molecule has 0 unspecified atom stereocenters. The summed E-state index contributed by atoms with van der Waals surface area (Å²) in [4.78, 5) is 34.3. The molecule has 0 saturated heterocycles. The summed E-state index contributed by atoms with van der Waals surface area (Å²) in [6, 6.07) is 9.35. The second-order valence-electron chi connectivity index (χ2n) is 6.32. The van der Waals surface area contributed by atoms with Crippen LogP contribution >= 0.6 is 11.6 Å². The fraction of sp³-hybridized carbons (Fsp3) is 0. The van der Waals surface area contributed by atoms with Crippen LogP contribution in [0.25, 0.3) is 16.9 Å². The number of hydrogen-bond acceptors (Lipinski definition) is 7. The topological polar surface area (TPSA) is 153 Å². The molecule has 0 aliphatic carbocycles. The van der Waals surface area contributed by atoms with E-state index in [2.05, 4.69) is 20.3 Å². The Balaban J connectivity index is 1.69. The van der Waals surface area contributed by atoms with Crippen LogP contribution in [-0.2, 0) is 10.2 Å². The minimum absolute atomic E-state index is 0.0550. The second kappa shape index (κ2) is 7.49. The van der Waals surface area contributed by atoms with Crippen molar-refractivity contribution in [3.05, 3.63) is 69.7 Å². The Hall–Kier alpha value is -3.77. The lowest BCUT2D eigenvalue weighted by atomic mass is 10.2. The van der Waals surface area contributed by atoms with Gasteiger partial charge in [-0.05, 0) is 36.4 Å². The minimum Gasteiger partial charge on any atom is -0.369 e. The van der Waals surface area contributed by atoms with Crippen molar-refractivity contribution in [2.45, 2.75) is 4.90 Å². The lowest BCUT2D eigenvalue weighted by molar-refractivity contribution is 0.102. The van der Waals surface area contributed by atoms with E-state index in [1.807, 2.05) is 0 Å². The van der Waals surface area contributed by atoms with Crippen molar-refractivity contribution in [3.63, 3.8) is 0 Å². The van der Waals surface area contributed by atoms with Gasteiger partial charge in [0.15, 0.2) is 11.2 Å². The summed E-state index contributed by atoms with van der Waals surface area (Å²) in [5, 5.41) is 2.51. The standard InChI is InChI=1S/C18H12ClFN6O4S/c19-13-5-4-11(31(20,29)30)7-12(13)16(27)23-9-2-1-3-10(6-9)26-8-22-14-15(26)24-18(21)25-17(14)28/h1-8H,(H,23,27)(H3,21,24,25,28). The summed E-state index contributed by atoms with van der Waals surface area (Å²) in [5.74, 6) is -0.831. The van der Waals surface area contributed by atoms with Gasteiger partial charge in [-0.1, -0.05) is 17.7 Å². The van der Waals surface area contributed by atoms with Gasteiger partial charge in [0.05, 0.1) is 21.2 Å². The number of rotatable bonds is 4. The van der Waals surface area contributed by atoms with Crippen molar-refractivity contribution >= 4 is 50.5 Å². The number of benzene rings is 2. The fourth-order valence-corrected chi connectivity index (χ4v) is 3.57. The normalized spacial score (nSPS) is 11.5. The monoisotopic (exact) mass is 462 g/mol. The van der Waals surface area contributed by atoms with Gasteiger partial charge in [-0.25, -0.2) is 4.98 Å². The summed E-state index contributed by atoms with van der Waals surface area (Å²) in [6.07, 6.45) is 1.37. The van der Waals surface area contributed by atoms with Crippen LogP contribution in [-0.4, -0.2) is 33.8 Å². The highest BCUT2D eigenvalue weighted by Crippen LogP contribution is 2.24. The van der Waals surface area contributed by atoms with E-state index >= 15 is 0 Å². The first kappa shape index (κ1) is 20.5. The zero-order chi connectivity index (χ0) is 22.3. The van der Waals surface area contributed by atoms with Crippen molar-refractivity contribution in [1.29, 1.82) is 0 Å². The van der Waals surface area contributed by atoms with Crippen LogP contribution in [0.5, 0.6) is 0 Å². The quantitative estimate of drug-likeness (QED) is 0.393. The van der Waals surface area contributed by atoms with Gasteiger partial charge >= 0.3 is 10.2 Å². The van der Waals surface area contributed by atoms with Gasteiger partial charge in [0.25, 0.3) is 11.5 Å². The molecule has 0 atom stereocenters. The molecule has 0 bridgehead atoms. The van der Waals surface area contributed by atoms with E-state index in [0.717, 1.165) is 18.2 Å². The largest absolute Gasteiger partial charge is 0.369 e. The maximum Gasteiger partial charge on any atom is 0.332 e. The number of carbonyl (C=O) groups is 1. The first-order valence-electron chi connectivity index (χ1n) is 8.52.